The largest absolute Gasteiger partial charge is 0.505 e. The van der Waals surface area contributed by atoms with Crippen LogP contribution in [0.25, 0.3) is 11.1 Å². The highest BCUT2D eigenvalue weighted by Gasteiger charge is 2.26. The van der Waals surface area contributed by atoms with Crippen molar-refractivity contribution in [1.29, 1.82) is 0 Å². The van der Waals surface area contributed by atoms with E-state index in [1.165, 1.54) is 0 Å². The van der Waals surface area contributed by atoms with Gasteiger partial charge in [-0.15, -0.1) is 0 Å². The molecule has 3 N–H and O–H groups in total. The van der Waals surface area contributed by atoms with Crippen LogP contribution in [0.3, 0.4) is 0 Å². The molecule has 3 aromatic rings. The van der Waals surface area contributed by atoms with Gasteiger partial charge in [-0.3, -0.25) is 9.52 Å². The molecule has 0 aromatic heterocycles. The van der Waals surface area contributed by atoms with Gasteiger partial charge >= 0.3 is 0 Å². The summed E-state index contributed by atoms with van der Waals surface area (Å²) in [5.74, 6) is -3.52. The van der Waals surface area contributed by atoms with Crippen LogP contribution in [0.15, 0.2) is 47.4 Å². The van der Waals surface area contributed by atoms with Crippen LogP contribution in [0, 0.1) is 18.6 Å². The van der Waals surface area contributed by atoms with Crippen LogP contribution in [0.1, 0.15) is 21.5 Å². The lowest BCUT2D eigenvalue weighted by Gasteiger charge is -2.15. The van der Waals surface area contributed by atoms with E-state index in [2.05, 4.69) is 5.32 Å². The monoisotopic (exact) mass is 464 g/mol. The molecular formula is C21H15ClF2N2O4S. The Kier molecular flexibility index (Phi) is 5.10. The molecule has 1 aliphatic rings. The Balaban J connectivity index is 2.02. The highest BCUT2D eigenvalue weighted by molar-refractivity contribution is 7.92. The molecule has 0 unspecified atom stereocenters. The molecule has 1 amide bonds. The lowest BCUT2D eigenvalue weighted by molar-refractivity contribution is 0.0950. The minimum absolute atomic E-state index is 0.0192. The minimum Gasteiger partial charge on any atom is -0.505 e. The molecule has 0 aliphatic carbocycles. The zero-order valence-corrected chi connectivity index (χ0v) is 17.5. The van der Waals surface area contributed by atoms with Crippen LogP contribution in [-0.2, 0) is 16.6 Å². The topological polar surface area (TPSA) is 95.5 Å². The number of aryl methyl sites for hydroxylation is 1. The van der Waals surface area contributed by atoms with Crippen LogP contribution in [0.2, 0.25) is 5.02 Å². The standard InChI is InChI=1S/C21H15ClF2N2O4S/c1-10-2-3-11-9-25-21(28)12-5-15(22)20(27)19(6-12)31(29,30)26-18-7-14(13(11)4-10)16(23)8-17(18)24/h2-8,26-27H,9H2,1H3,(H,25,28). The maximum Gasteiger partial charge on any atom is 0.265 e. The summed E-state index contributed by atoms with van der Waals surface area (Å²) in [4.78, 5) is 11.9. The van der Waals surface area contributed by atoms with Crippen LogP contribution in [0.5, 0.6) is 5.75 Å². The first-order valence-electron chi connectivity index (χ1n) is 8.99. The first kappa shape index (κ1) is 21.1. The average Bonchev–Trinajstić information content (AvgIpc) is 2.70. The van der Waals surface area contributed by atoms with Crippen molar-refractivity contribution in [2.24, 2.45) is 0 Å². The minimum atomic E-state index is -4.58. The molecule has 10 heteroatoms. The zero-order chi connectivity index (χ0) is 22.5. The lowest BCUT2D eigenvalue weighted by Crippen LogP contribution is -2.23. The van der Waals surface area contributed by atoms with E-state index in [0.29, 0.717) is 17.2 Å². The predicted octanol–water partition coefficient (Wildman–Crippen LogP) is 4.34. The third kappa shape index (κ3) is 3.82. The number of halogens is 3. The maximum absolute atomic E-state index is 14.7. The zero-order valence-electron chi connectivity index (χ0n) is 16.0. The van der Waals surface area contributed by atoms with Crippen molar-refractivity contribution < 1.29 is 27.1 Å². The highest BCUT2D eigenvalue weighted by atomic mass is 35.5. The second kappa shape index (κ2) is 7.51. The number of carbonyl (C=O) groups excluding carboxylic acids is 1. The van der Waals surface area contributed by atoms with Crippen molar-refractivity contribution in [2.75, 3.05) is 4.72 Å². The van der Waals surface area contributed by atoms with Crippen molar-refractivity contribution in [2.45, 2.75) is 18.4 Å². The van der Waals surface area contributed by atoms with E-state index in [1.54, 1.807) is 25.1 Å². The van der Waals surface area contributed by atoms with Gasteiger partial charge in [0.15, 0.2) is 5.75 Å². The SMILES string of the molecule is Cc1ccc2c(c1)-c1cc(c(F)cc1F)NS(=O)(=O)c1cc(cc(Cl)c1O)C(=O)NC2. The molecule has 31 heavy (non-hydrogen) atoms. The molecule has 1 aliphatic heterocycles. The van der Waals surface area contributed by atoms with Crippen LogP contribution in [-0.4, -0.2) is 19.4 Å². The number of sulfonamides is 1. The van der Waals surface area contributed by atoms with Crippen molar-refractivity contribution in [3.05, 3.63) is 75.8 Å². The number of aromatic hydroxyl groups is 1. The fraction of sp³-hybridized carbons (Fsp3) is 0.0952. The van der Waals surface area contributed by atoms with Gasteiger partial charge in [-0.1, -0.05) is 35.4 Å². The van der Waals surface area contributed by atoms with Gasteiger partial charge in [0, 0.05) is 23.7 Å². The molecule has 4 rings (SSSR count). The summed E-state index contributed by atoms with van der Waals surface area (Å²) >= 11 is 5.92. The third-order valence-corrected chi connectivity index (χ3v) is 6.54. The van der Waals surface area contributed by atoms with Crippen molar-refractivity contribution in [3.63, 3.8) is 0 Å². The van der Waals surface area contributed by atoms with Crippen molar-refractivity contribution >= 4 is 33.2 Å². The number of hydrogen-bond donors (Lipinski definition) is 3. The summed E-state index contributed by atoms with van der Waals surface area (Å²) in [6.45, 7) is 1.76. The Morgan fingerprint density at radius 1 is 1.03 bits per heavy atom. The van der Waals surface area contributed by atoms with Gasteiger partial charge in [0.05, 0.1) is 10.7 Å². The van der Waals surface area contributed by atoms with Gasteiger partial charge in [0.2, 0.25) is 0 Å². The first-order chi connectivity index (χ1) is 14.6. The fourth-order valence-corrected chi connectivity index (χ4v) is 4.79. The number of phenolic OH excluding ortho intramolecular Hbond substituents is 1. The smallest absolute Gasteiger partial charge is 0.265 e. The maximum atomic E-state index is 14.7. The Morgan fingerprint density at radius 2 is 1.77 bits per heavy atom. The number of carbonyl (C=O) groups is 1. The molecule has 0 saturated carbocycles. The summed E-state index contributed by atoms with van der Waals surface area (Å²) < 4.78 is 56.9. The van der Waals surface area contributed by atoms with Crippen molar-refractivity contribution in [1.82, 2.24) is 5.32 Å². The van der Waals surface area contributed by atoms with E-state index < -0.39 is 43.9 Å². The van der Waals surface area contributed by atoms with Gasteiger partial charge in [-0.05, 0) is 36.2 Å². The molecule has 0 saturated heterocycles. The average molecular weight is 465 g/mol. The lowest BCUT2D eigenvalue weighted by atomic mass is 9.96. The second-order valence-electron chi connectivity index (χ2n) is 7.07. The van der Waals surface area contributed by atoms with Crippen molar-refractivity contribution in [3.8, 4) is 16.9 Å². The van der Waals surface area contributed by atoms with Crippen LogP contribution < -0.4 is 10.0 Å². The molecule has 1 heterocycles. The number of nitrogens with one attached hydrogen (secondary N) is 2. The fourth-order valence-electron chi connectivity index (χ4n) is 3.32. The molecular weight excluding hydrogens is 450 g/mol. The first-order valence-corrected chi connectivity index (χ1v) is 10.9. The van der Waals surface area contributed by atoms with Crippen LogP contribution >= 0.6 is 11.6 Å². The predicted molar refractivity (Wildman–Crippen MR) is 112 cm³/mol. The molecule has 4 bridgehead atoms. The summed E-state index contributed by atoms with van der Waals surface area (Å²) in [5.41, 5.74) is 0.967. The Morgan fingerprint density at radius 3 is 2.52 bits per heavy atom. The van der Waals surface area contributed by atoms with Gasteiger partial charge < -0.3 is 10.4 Å². The van der Waals surface area contributed by atoms with E-state index in [0.717, 1.165) is 23.8 Å². The van der Waals surface area contributed by atoms with E-state index in [1.807, 2.05) is 4.72 Å². The number of phenols is 1. The molecule has 0 radical (unpaired) electrons. The van der Waals surface area contributed by atoms with Gasteiger partial charge in [0.25, 0.3) is 15.9 Å². The summed E-state index contributed by atoms with van der Waals surface area (Å²) in [6, 6.07) is 8.74. The third-order valence-electron chi connectivity index (χ3n) is 4.88. The van der Waals surface area contributed by atoms with E-state index in [4.69, 9.17) is 11.6 Å². The molecule has 0 spiro atoms. The number of anilines is 1. The number of rotatable bonds is 0. The van der Waals surface area contributed by atoms with E-state index >= 15 is 0 Å². The molecule has 0 atom stereocenters. The molecule has 6 nitrogen and oxygen atoms in total. The second-order valence-corrected chi connectivity index (χ2v) is 9.12. The summed E-state index contributed by atoms with van der Waals surface area (Å²) in [6.07, 6.45) is 0. The van der Waals surface area contributed by atoms with Gasteiger partial charge in [-0.2, -0.15) is 0 Å². The Bertz CT molecular complexity index is 1360. The van der Waals surface area contributed by atoms with E-state index in [9.17, 15) is 27.1 Å². The normalized spacial score (nSPS) is 14.9. The van der Waals surface area contributed by atoms with Gasteiger partial charge in [0.1, 0.15) is 16.5 Å². The Hall–Kier alpha value is -3.17. The van der Waals surface area contributed by atoms with E-state index in [-0.39, 0.29) is 22.7 Å². The highest BCUT2D eigenvalue weighted by Crippen LogP contribution is 2.36. The summed E-state index contributed by atoms with van der Waals surface area (Å²) in [5, 5.41) is 12.4. The quantitative estimate of drug-likeness (QED) is 0.461. The number of fused-ring (bicyclic) bond motifs is 6. The molecule has 0 fully saturated rings. The molecule has 160 valence electrons. The molecule has 3 aromatic carbocycles. The number of benzene rings is 3. The summed E-state index contributed by atoms with van der Waals surface area (Å²) in [7, 11) is -4.58. The Labute approximate surface area is 181 Å². The van der Waals surface area contributed by atoms with Crippen LogP contribution in [0.4, 0.5) is 14.5 Å². The number of hydrogen-bond acceptors (Lipinski definition) is 4. The number of amides is 1. The van der Waals surface area contributed by atoms with Gasteiger partial charge in [-0.25, -0.2) is 17.2 Å².